The number of carbonyl (C=O) groups excluding carboxylic acids is 3. The maximum atomic E-state index is 13.3. The van der Waals surface area contributed by atoms with Gasteiger partial charge in [0.25, 0.3) is 5.91 Å². The Balaban J connectivity index is 1.69. The Morgan fingerprint density at radius 1 is 1.22 bits per heavy atom. The lowest BCUT2D eigenvalue weighted by molar-refractivity contribution is -0.143. The summed E-state index contributed by atoms with van der Waals surface area (Å²) < 4.78 is 44.2. The highest BCUT2D eigenvalue weighted by molar-refractivity contribution is 5.98. The minimum absolute atomic E-state index is 0.0609. The number of halogens is 3. The van der Waals surface area contributed by atoms with Gasteiger partial charge in [0.1, 0.15) is 6.04 Å². The van der Waals surface area contributed by atoms with Gasteiger partial charge in [-0.25, -0.2) is 0 Å². The molecule has 2 unspecified atom stereocenters. The number of benzene rings is 1. The maximum absolute atomic E-state index is 13.3. The number of nitrogens with zero attached hydrogens (tertiary/aromatic N) is 2. The van der Waals surface area contributed by atoms with E-state index in [2.05, 4.69) is 31.1 Å². The van der Waals surface area contributed by atoms with Gasteiger partial charge in [-0.15, -0.1) is 0 Å². The van der Waals surface area contributed by atoms with E-state index in [9.17, 15) is 27.6 Å². The van der Waals surface area contributed by atoms with Crippen molar-refractivity contribution in [3.63, 3.8) is 0 Å². The molecule has 10 heteroatoms. The smallest absolute Gasteiger partial charge is 0.416 e. The van der Waals surface area contributed by atoms with Crippen LogP contribution in [0.1, 0.15) is 75.2 Å². The Bertz CT molecular complexity index is 968. The number of ether oxygens (including phenoxy) is 1. The Kier molecular flexibility index (Phi) is 9.61. The molecule has 2 fully saturated rings. The van der Waals surface area contributed by atoms with Crippen LogP contribution in [0.4, 0.5) is 13.2 Å². The molecule has 1 heterocycles. The topological polar surface area (TPSA) is 79.0 Å². The molecule has 1 N–H and O–H groups in total. The number of nitrogens with one attached hydrogen (secondary N) is 1. The van der Waals surface area contributed by atoms with Crippen molar-refractivity contribution in [3.8, 4) is 0 Å². The molecule has 0 spiro atoms. The zero-order valence-corrected chi connectivity index (χ0v) is 22.0. The standard InChI is InChI=1S/C27H38F3N3O4/c1-5-37-24(34)12-9-18-16-21(32(4)17(2)3)10-11-23(18)33-14-13-22(26(33)36)31-25(35)19-7-6-8-20(15-19)27(28,29)30/h6-8,15,17-18,21-23H,5,9-14,16H2,1-4H3,(H,31,35)/t18?,21-,22?,23+/m1/s1. The second-order valence-corrected chi connectivity index (χ2v) is 10.3. The highest BCUT2D eigenvalue weighted by Crippen LogP contribution is 2.36. The van der Waals surface area contributed by atoms with Crippen LogP contribution in [0.15, 0.2) is 24.3 Å². The zero-order chi connectivity index (χ0) is 27.3. The summed E-state index contributed by atoms with van der Waals surface area (Å²) in [5.74, 6) is -1.07. The van der Waals surface area contributed by atoms with E-state index < -0.39 is 23.7 Å². The first-order chi connectivity index (χ1) is 17.4. The van der Waals surface area contributed by atoms with E-state index >= 15 is 0 Å². The van der Waals surface area contributed by atoms with E-state index in [1.165, 1.54) is 12.1 Å². The predicted octanol–water partition coefficient (Wildman–Crippen LogP) is 4.26. The van der Waals surface area contributed by atoms with Crippen molar-refractivity contribution in [2.45, 2.75) is 89.6 Å². The number of likely N-dealkylation sites (tertiary alicyclic amines) is 1. The molecule has 0 bridgehead atoms. The van der Waals surface area contributed by atoms with Crippen LogP contribution < -0.4 is 5.32 Å². The normalized spacial score (nSPS) is 24.6. The van der Waals surface area contributed by atoms with Crippen LogP contribution in [0, 0.1) is 5.92 Å². The second kappa shape index (κ2) is 12.3. The highest BCUT2D eigenvalue weighted by Gasteiger charge is 2.43. The SMILES string of the molecule is CCOC(=O)CCC1C[C@H](N(C)C(C)C)CC[C@@H]1N1CCC(NC(=O)c2cccc(C(F)(F)F)c2)C1=O. The first-order valence-electron chi connectivity index (χ1n) is 13.1. The van der Waals surface area contributed by atoms with E-state index in [0.717, 1.165) is 31.4 Å². The summed E-state index contributed by atoms with van der Waals surface area (Å²) in [6.07, 6.45) is -0.724. The molecular weight excluding hydrogens is 487 g/mol. The van der Waals surface area contributed by atoms with Gasteiger partial charge in [0.05, 0.1) is 12.2 Å². The van der Waals surface area contributed by atoms with Gasteiger partial charge >= 0.3 is 12.1 Å². The molecule has 1 aliphatic heterocycles. The third-order valence-electron chi connectivity index (χ3n) is 7.73. The van der Waals surface area contributed by atoms with E-state index in [4.69, 9.17) is 4.74 Å². The van der Waals surface area contributed by atoms with E-state index in [-0.39, 0.29) is 35.8 Å². The van der Waals surface area contributed by atoms with Gasteiger partial charge < -0.3 is 19.9 Å². The molecule has 37 heavy (non-hydrogen) atoms. The van der Waals surface area contributed by atoms with Crippen LogP contribution in [0.3, 0.4) is 0 Å². The number of carbonyl (C=O) groups is 3. The van der Waals surface area contributed by atoms with E-state index in [1.54, 1.807) is 11.8 Å². The van der Waals surface area contributed by atoms with Crippen molar-refractivity contribution in [2.24, 2.45) is 5.92 Å². The van der Waals surface area contributed by atoms with Gasteiger partial charge in [-0.3, -0.25) is 14.4 Å². The van der Waals surface area contributed by atoms with E-state index in [0.29, 0.717) is 38.1 Å². The summed E-state index contributed by atoms with van der Waals surface area (Å²) in [6.45, 7) is 6.83. The summed E-state index contributed by atoms with van der Waals surface area (Å²) >= 11 is 0. The number of amides is 2. The number of alkyl halides is 3. The summed E-state index contributed by atoms with van der Waals surface area (Å²) in [6, 6.07) is 4.06. The van der Waals surface area contributed by atoms with Crippen LogP contribution in [0.25, 0.3) is 0 Å². The fraction of sp³-hybridized carbons (Fsp3) is 0.667. The zero-order valence-electron chi connectivity index (χ0n) is 22.0. The average Bonchev–Trinajstić information content (AvgIpc) is 3.21. The van der Waals surface area contributed by atoms with Gasteiger partial charge in [-0.2, -0.15) is 13.2 Å². The number of rotatable bonds is 9. The minimum Gasteiger partial charge on any atom is -0.466 e. The lowest BCUT2D eigenvalue weighted by Gasteiger charge is -2.44. The average molecular weight is 526 g/mol. The number of hydrogen-bond acceptors (Lipinski definition) is 5. The molecule has 0 radical (unpaired) electrons. The third-order valence-corrected chi connectivity index (χ3v) is 7.73. The third kappa shape index (κ3) is 7.24. The summed E-state index contributed by atoms with van der Waals surface area (Å²) in [5.41, 5.74) is -1.04. The minimum atomic E-state index is -4.56. The summed E-state index contributed by atoms with van der Waals surface area (Å²) in [5, 5.41) is 2.64. The van der Waals surface area contributed by atoms with Crippen molar-refractivity contribution < 1.29 is 32.3 Å². The van der Waals surface area contributed by atoms with Crippen molar-refractivity contribution >= 4 is 17.8 Å². The van der Waals surface area contributed by atoms with Crippen LogP contribution >= 0.6 is 0 Å². The quantitative estimate of drug-likeness (QED) is 0.488. The molecule has 2 aliphatic rings. The van der Waals surface area contributed by atoms with Gasteiger partial charge in [0.2, 0.25) is 5.91 Å². The Hall–Kier alpha value is -2.62. The van der Waals surface area contributed by atoms with E-state index in [1.807, 2.05) is 0 Å². The van der Waals surface area contributed by atoms with Crippen molar-refractivity contribution in [2.75, 3.05) is 20.2 Å². The first-order valence-corrected chi connectivity index (χ1v) is 13.1. The Labute approximate surface area is 216 Å². The molecule has 0 aromatic heterocycles. The molecule has 1 aromatic carbocycles. The molecule has 3 rings (SSSR count). The monoisotopic (exact) mass is 525 g/mol. The van der Waals surface area contributed by atoms with Crippen LogP contribution in [-0.4, -0.2) is 72.0 Å². The molecule has 4 atom stereocenters. The molecule has 2 amide bonds. The van der Waals surface area contributed by atoms with Crippen LogP contribution in [0.2, 0.25) is 0 Å². The van der Waals surface area contributed by atoms with Crippen LogP contribution in [-0.2, 0) is 20.5 Å². The highest BCUT2D eigenvalue weighted by atomic mass is 19.4. The van der Waals surface area contributed by atoms with Gasteiger partial charge in [-0.05, 0) is 84.0 Å². The van der Waals surface area contributed by atoms with Gasteiger partial charge in [0.15, 0.2) is 0 Å². The molecule has 1 saturated carbocycles. The lowest BCUT2D eigenvalue weighted by atomic mass is 9.77. The maximum Gasteiger partial charge on any atom is 0.416 e. The number of esters is 1. The second-order valence-electron chi connectivity index (χ2n) is 10.3. The largest absolute Gasteiger partial charge is 0.466 e. The number of hydrogen-bond donors (Lipinski definition) is 1. The first kappa shape index (κ1) is 28.9. The van der Waals surface area contributed by atoms with Crippen molar-refractivity contribution in [3.05, 3.63) is 35.4 Å². The molecule has 7 nitrogen and oxygen atoms in total. The molecule has 1 aromatic rings. The van der Waals surface area contributed by atoms with Gasteiger partial charge in [0, 0.05) is 36.7 Å². The molecule has 206 valence electrons. The predicted molar refractivity (Wildman–Crippen MR) is 133 cm³/mol. The Morgan fingerprint density at radius 2 is 1.95 bits per heavy atom. The van der Waals surface area contributed by atoms with Gasteiger partial charge in [-0.1, -0.05) is 6.07 Å². The summed E-state index contributed by atoms with van der Waals surface area (Å²) in [4.78, 5) is 42.2. The molecular formula is C27H38F3N3O4. The molecule has 1 aliphatic carbocycles. The fourth-order valence-corrected chi connectivity index (χ4v) is 5.52. The summed E-state index contributed by atoms with van der Waals surface area (Å²) in [7, 11) is 2.10. The van der Waals surface area contributed by atoms with Crippen molar-refractivity contribution in [1.29, 1.82) is 0 Å². The lowest BCUT2D eigenvalue weighted by Crippen LogP contribution is -2.51. The van der Waals surface area contributed by atoms with Crippen molar-refractivity contribution in [1.82, 2.24) is 15.1 Å². The van der Waals surface area contributed by atoms with Crippen LogP contribution in [0.5, 0.6) is 0 Å². The fourth-order valence-electron chi connectivity index (χ4n) is 5.52. The molecule has 1 saturated heterocycles. The Morgan fingerprint density at radius 3 is 2.59 bits per heavy atom.